The molecule has 0 saturated heterocycles. The summed E-state index contributed by atoms with van der Waals surface area (Å²) in [4.78, 5) is 12.5. The van der Waals surface area contributed by atoms with Crippen molar-refractivity contribution in [2.24, 2.45) is 11.7 Å². The molecule has 21 heavy (non-hydrogen) atoms. The molecule has 118 valence electrons. The maximum atomic E-state index is 12.5. The minimum absolute atomic E-state index is 0. The topological polar surface area (TPSA) is 64.3 Å². The normalized spacial score (nSPS) is 18.3. The Labute approximate surface area is 140 Å². The molecule has 2 rings (SSSR count). The first-order valence-corrected chi connectivity index (χ1v) is 7.59. The second-order valence-electron chi connectivity index (χ2n) is 5.58. The van der Waals surface area contributed by atoms with Crippen molar-refractivity contribution in [2.45, 2.75) is 31.3 Å². The number of methoxy groups -OCH3 is 1. The van der Waals surface area contributed by atoms with Crippen LogP contribution in [0.15, 0.2) is 28.7 Å². The van der Waals surface area contributed by atoms with Crippen LogP contribution < -0.4 is 11.1 Å². The van der Waals surface area contributed by atoms with Gasteiger partial charge in [-0.3, -0.25) is 4.79 Å². The third-order valence-electron chi connectivity index (χ3n) is 3.77. The van der Waals surface area contributed by atoms with Crippen LogP contribution in [0, 0.1) is 5.92 Å². The Kier molecular flexibility index (Phi) is 6.66. The van der Waals surface area contributed by atoms with E-state index in [9.17, 15) is 4.79 Å². The number of benzene rings is 1. The van der Waals surface area contributed by atoms with Crippen molar-refractivity contribution in [3.8, 4) is 0 Å². The molecule has 1 amide bonds. The van der Waals surface area contributed by atoms with Crippen molar-refractivity contribution in [3.63, 3.8) is 0 Å². The van der Waals surface area contributed by atoms with Gasteiger partial charge in [-0.25, -0.2) is 0 Å². The Morgan fingerprint density at radius 3 is 2.52 bits per heavy atom. The van der Waals surface area contributed by atoms with Crippen LogP contribution in [0.3, 0.4) is 0 Å². The van der Waals surface area contributed by atoms with E-state index in [-0.39, 0.29) is 24.4 Å². The van der Waals surface area contributed by atoms with Gasteiger partial charge in [-0.05, 0) is 43.4 Å². The number of rotatable bonds is 6. The Balaban J connectivity index is 0.00000220. The zero-order valence-corrected chi connectivity index (χ0v) is 14.7. The summed E-state index contributed by atoms with van der Waals surface area (Å²) in [5, 5.41) is 3.03. The number of hydrogen-bond donors (Lipinski definition) is 2. The first kappa shape index (κ1) is 18.4. The molecular weight excluding hydrogens is 356 g/mol. The predicted octanol–water partition coefficient (Wildman–Crippen LogP) is 2.59. The molecule has 0 heterocycles. The van der Waals surface area contributed by atoms with E-state index in [1.165, 1.54) is 0 Å². The summed E-state index contributed by atoms with van der Waals surface area (Å²) in [6.07, 6.45) is 2.29. The summed E-state index contributed by atoms with van der Waals surface area (Å²) in [7, 11) is 1.65. The van der Waals surface area contributed by atoms with E-state index in [4.69, 9.17) is 10.5 Å². The van der Waals surface area contributed by atoms with Crippen molar-refractivity contribution in [2.75, 3.05) is 13.7 Å². The third-order valence-corrected chi connectivity index (χ3v) is 4.30. The lowest BCUT2D eigenvalue weighted by Crippen LogP contribution is -2.53. The second kappa shape index (κ2) is 7.58. The quantitative estimate of drug-likeness (QED) is 0.801. The van der Waals surface area contributed by atoms with Gasteiger partial charge in [0.2, 0.25) is 5.91 Å². The molecule has 3 N–H and O–H groups in total. The lowest BCUT2D eigenvalue weighted by Gasteiger charge is -2.27. The van der Waals surface area contributed by atoms with Crippen LogP contribution in [0.4, 0.5) is 0 Å². The smallest absolute Gasteiger partial charge is 0.244 e. The molecule has 0 spiro atoms. The van der Waals surface area contributed by atoms with Crippen molar-refractivity contribution in [3.05, 3.63) is 34.3 Å². The molecule has 0 aromatic heterocycles. The highest BCUT2D eigenvalue weighted by Gasteiger charge is 2.37. The molecule has 1 aliphatic carbocycles. The Hall–Kier alpha value is -0.620. The van der Waals surface area contributed by atoms with Gasteiger partial charge in [-0.1, -0.05) is 28.1 Å². The Bertz CT molecular complexity index is 475. The molecule has 1 saturated carbocycles. The molecule has 0 aliphatic heterocycles. The van der Waals surface area contributed by atoms with Crippen LogP contribution in [0.25, 0.3) is 0 Å². The highest BCUT2D eigenvalue weighted by atomic mass is 79.9. The monoisotopic (exact) mass is 376 g/mol. The summed E-state index contributed by atoms with van der Waals surface area (Å²) >= 11 is 3.38. The van der Waals surface area contributed by atoms with Crippen molar-refractivity contribution < 1.29 is 9.53 Å². The van der Waals surface area contributed by atoms with Crippen LogP contribution in [-0.4, -0.2) is 25.7 Å². The van der Waals surface area contributed by atoms with Crippen LogP contribution in [0.5, 0.6) is 0 Å². The lowest BCUT2D eigenvalue weighted by molar-refractivity contribution is -0.127. The Morgan fingerprint density at radius 2 is 2.05 bits per heavy atom. The molecule has 1 aromatic rings. The number of hydrogen-bond acceptors (Lipinski definition) is 3. The maximum absolute atomic E-state index is 12.5. The van der Waals surface area contributed by atoms with E-state index in [0.29, 0.717) is 12.5 Å². The number of ether oxygens (including phenoxy) is 1. The molecule has 1 aromatic carbocycles. The van der Waals surface area contributed by atoms with Crippen molar-refractivity contribution >= 4 is 34.2 Å². The van der Waals surface area contributed by atoms with Gasteiger partial charge in [0.1, 0.15) is 5.54 Å². The van der Waals surface area contributed by atoms with Crippen LogP contribution in [-0.2, 0) is 15.1 Å². The second-order valence-corrected chi connectivity index (χ2v) is 6.50. The van der Waals surface area contributed by atoms with Gasteiger partial charge in [0.15, 0.2) is 0 Å². The molecular formula is C15H22BrClN2O2. The summed E-state index contributed by atoms with van der Waals surface area (Å²) in [6, 6.07) is 7.58. The fraction of sp³-hybridized carbons (Fsp3) is 0.533. The van der Waals surface area contributed by atoms with E-state index in [0.717, 1.165) is 22.9 Å². The largest absolute Gasteiger partial charge is 0.383 e. The number of nitrogens with one attached hydrogen (secondary N) is 1. The van der Waals surface area contributed by atoms with E-state index in [1.807, 2.05) is 24.3 Å². The molecule has 4 nitrogen and oxygen atoms in total. The third kappa shape index (κ3) is 4.68. The lowest BCUT2D eigenvalue weighted by atomic mass is 9.92. The van der Waals surface area contributed by atoms with Gasteiger partial charge >= 0.3 is 0 Å². The van der Waals surface area contributed by atoms with Gasteiger partial charge < -0.3 is 15.8 Å². The summed E-state index contributed by atoms with van der Waals surface area (Å²) in [5.74, 6) is 0.369. The highest BCUT2D eigenvalue weighted by molar-refractivity contribution is 9.10. The number of halogens is 2. The summed E-state index contributed by atoms with van der Waals surface area (Å²) < 4.78 is 6.14. The van der Waals surface area contributed by atoms with Gasteiger partial charge in [-0.2, -0.15) is 0 Å². The van der Waals surface area contributed by atoms with Crippen LogP contribution >= 0.6 is 28.3 Å². The fourth-order valence-corrected chi connectivity index (χ4v) is 2.48. The maximum Gasteiger partial charge on any atom is 0.244 e. The van der Waals surface area contributed by atoms with E-state index >= 15 is 0 Å². The molecule has 6 heteroatoms. The van der Waals surface area contributed by atoms with Crippen LogP contribution in [0.2, 0.25) is 0 Å². The number of carbonyl (C=O) groups is 1. The van der Waals surface area contributed by atoms with E-state index < -0.39 is 5.54 Å². The Morgan fingerprint density at radius 1 is 1.48 bits per heavy atom. The minimum Gasteiger partial charge on any atom is -0.383 e. The molecule has 0 radical (unpaired) electrons. The molecule has 0 bridgehead atoms. The fourth-order valence-electron chi connectivity index (χ4n) is 2.22. The number of amides is 1. The van der Waals surface area contributed by atoms with Gasteiger partial charge in [0.25, 0.3) is 0 Å². The van der Waals surface area contributed by atoms with Gasteiger partial charge in [0, 0.05) is 11.6 Å². The van der Waals surface area contributed by atoms with Gasteiger partial charge in [0.05, 0.1) is 12.6 Å². The zero-order valence-electron chi connectivity index (χ0n) is 12.3. The highest BCUT2D eigenvalue weighted by Crippen LogP contribution is 2.33. The van der Waals surface area contributed by atoms with Crippen molar-refractivity contribution in [1.29, 1.82) is 0 Å². The summed E-state index contributed by atoms with van der Waals surface area (Å²) in [5.41, 5.74) is 5.98. The minimum atomic E-state index is -1.04. The van der Waals surface area contributed by atoms with E-state index in [1.54, 1.807) is 14.0 Å². The van der Waals surface area contributed by atoms with Crippen LogP contribution in [0.1, 0.15) is 25.3 Å². The predicted molar refractivity (Wildman–Crippen MR) is 89.5 cm³/mol. The number of nitrogens with two attached hydrogens (primary N) is 1. The first-order valence-electron chi connectivity index (χ1n) is 6.80. The number of carbonyl (C=O) groups excluding carboxylic acids is 1. The SMILES string of the molecule is COCC(NC(=O)C(C)(N)c1ccc(Br)cc1)C1CC1.Cl. The molecule has 2 unspecified atom stereocenters. The van der Waals surface area contributed by atoms with Gasteiger partial charge in [-0.15, -0.1) is 12.4 Å². The standard InChI is InChI=1S/C15H21BrN2O2.ClH/c1-15(17,11-5-7-12(16)8-6-11)14(19)18-13(9-20-2)10-3-4-10;/h5-8,10,13H,3-4,9,17H2,1-2H3,(H,18,19);1H. The van der Waals surface area contributed by atoms with E-state index in [2.05, 4.69) is 21.2 Å². The average Bonchev–Trinajstić information content (AvgIpc) is 3.23. The molecule has 2 atom stereocenters. The molecule has 1 fully saturated rings. The first-order chi connectivity index (χ1) is 9.45. The van der Waals surface area contributed by atoms with Crippen molar-refractivity contribution in [1.82, 2.24) is 5.32 Å². The average molecular weight is 378 g/mol. The zero-order chi connectivity index (χ0) is 14.8. The molecule has 1 aliphatic rings. The summed E-state index contributed by atoms with van der Waals surface area (Å²) in [6.45, 7) is 2.27.